The zero-order valence-electron chi connectivity index (χ0n) is 9.98. The molecule has 0 radical (unpaired) electrons. The van der Waals surface area contributed by atoms with Gasteiger partial charge in [-0.25, -0.2) is 0 Å². The van der Waals surface area contributed by atoms with Crippen LogP contribution in [0.15, 0.2) is 18.2 Å². The SMILES string of the molecule is C[N+]1(C)CCN(c2cc(O)ccc2N)CC1. The van der Waals surface area contributed by atoms with Gasteiger partial charge in [0, 0.05) is 6.07 Å². The van der Waals surface area contributed by atoms with E-state index in [0.717, 1.165) is 42.0 Å². The number of anilines is 2. The predicted molar refractivity (Wildman–Crippen MR) is 66.6 cm³/mol. The Kier molecular flexibility index (Phi) is 2.68. The van der Waals surface area contributed by atoms with E-state index >= 15 is 0 Å². The van der Waals surface area contributed by atoms with Crippen molar-refractivity contribution in [1.82, 2.24) is 0 Å². The first kappa shape index (κ1) is 11.1. The lowest BCUT2D eigenvalue weighted by atomic mass is 10.2. The molecule has 0 atom stereocenters. The maximum Gasteiger partial charge on any atom is 0.117 e. The van der Waals surface area contributed by atoms with Gasteiger partial charge in [-0.1, -0.05) is 0 Å². The Balaban J connectivity index is 2.17. The highest BCUT2D eigenvalue weighted by Crippen LogP contribution is 2.28. The Morgan fingerprint density at radius 2 is 1.88 bits per heavy atom. The third-order valence-corrected chi connectivity index (χ3v) is 3.31. The maximum atomic E-state index is 9.48. The number of quaternary nitrogens is 1. The van der Waals surface area contributed by atoms with Crippen LogP contribution in [-0.4, -0.2) is 49.9 Å². The van der Waals surface area contributed by atoms with E-state index in [2.05, 4.69) is 19.0 Å². The lowest BCUT2D eigenvalue weighted by Crippen LogP contribution is -2.55. The Morgan fingerprint density at radius 3 is 2.50 bits per heavy atom. The van der Waals surface area contributed by atoms with E-state index in [1.165, 1.54) is 0 Å². The smallest absolute Gasteiger partial charge is 0.117 e. The van der Waals surface area contributed by atoms with E-state index < -0.39 is 0 Å². The van der Waals surface area contributed by atoms with Crippen molar-refractivity contribution in [3.63, 3.8) is 0 Å². The summed E-state index contributed by atoms with van der Waals surface area (Å²) in [6.07, 6.45) is 0. The number of aromatic hydroxyl groups is 1. The van der Waals surface area contributed by atoms with E-state index in [1.54, 1.807) is 18.2 Å². The number of nitrogens with two attached hydrogens (primary N) is 1. The van der Waals surface area contributed by atoms with Gasteiger partial charge in [-0.2, -0.15) is 0 Å². The van der Waals surface area contributed by atoms with Crippen LogP contribution in [0.25, 0.3) is 0 Å². The zero-order valence-corrected chi connectivity index (χ0v) is 9.98. The fourth-order valence-corrected chi connectivity index (χ4v) is 2.05. The summed E-state index contributed by atoms with van der Waals surface area (Å²) in [7, 11) is 4.48. The van der Waals surface area contributed by atoms with Gasteiger partial charge < -0.3 is 20.2 Å². The number of rotatable bonds is 1. The number of phenols is 1. The number of benzene rings is 1. The van der Waals surface area contributed by atoms with Gasteiger partial charge in [0.1, 0.15) is 5.75 Å². The van der Waals surface area contributed by atoms with Crippen molar-refractivity contribution in [1.29, 1.82) is 0 Å². The fraction of sp³-hybridized carbons (Fsp3) is 0.500. The molecule has 1 aromatic carbocycles. The molecule has 0 saturated carbocycles. The summed E-state index contributed by atoms with van der Waals surface area (Å²) < 4.78 is 1.05. The molecular weight excluding hydrogens is 202 g/mol. The first-order chi connectivity index (χ1) is 7.48. The molecule has 0 amide bonds. The van der Waals surface area contributed by atoms with E-state index in [1.807, 2.05) is 0 Å². The largest absolute Gasteiger partial charge is 0.508 e. The van der Waals surface area contributed by atoms with Gasteiger partial charge in [0.2, 0.25) is 0 Å². The highest BCUT2D eigenvalue weighted by Gasteiger charge is 2.25. The number of piperazine rings is 1. The van der Waals surface area contributed by atoms with Gasteiger partial charge in [0.25, 0.3) is 0 Å². The van der Waals surface area contributed by atoms with Gasteiger partial charge in [-0.15, -0.1) is 0 Å². The second-order valence-corrected chi connectivity index (χ2v) is 5.11. The van der Waals surface area contributed by atoms with Crippen molar-refractivity contribution < 1.29 is 9.59 Å². The Morgan fingerprint density at radius 1 is 1.25 bits per heavy atom. The first-order valence-electron chi connectivity index (χ1n) is 5.63. The molecule has 4 nitrogen and oxygen atoms in total. The van der Waals surface area contributed by atoms with Gasteiger partial charge in [-0.05, 0) is 12.1 Å². The van der Waals surface area contributed by atoms with Gasteiger partial charge in [0.15, 0.2) is 0 Å². The van der Waals surface area contributed by atoms with Crippen LogP contribution in [0.1, 0.15) is 0 Å². The molecule has 0 aliphatic carbocycles. The van der Waals surface area contributed by atoms with Gasteiger partial charge in [0.05, 0.1) is 51.6 Å². The lowest BCUT2D eigenvalue weighted by Gasteiger charge is -2.40. The molecule has 0 unspecified atom stereocenters. The number of phenolic OH excluding ortho intramolecular Hbond substituents is 1. The van der Waals surface area contributed by atoms with Gasteiger partial charge >= 0.3 is 0 Å². The van der Waals surface area contributed by atoms with Crippen LogP contribution in [0.4, 0.5) is 11.4 Å². The van der Waals surface area contributed by atoms with Crippen molar-refractivity contribution in [2.75, 3.05) is 50.9 Å². The normalized spacial score (nSPS) is 19.8. The summed E-state index contributed by atoms with van der Waals surface area (Å²) in [6, 6.07) is 5.14. The Hall–Kier alpha value is -1.42. The summed E-state index contributed by atoms with van der Waals surface area (Å²) in [6.45, 7) is 4.19. The number of hydrogen-bond donors (Lipinski definition) is 2. The highest BCUT2D eigenvalue weighted by atomic mass is 16.3. The van der Waals surface area contributed by atoms with Crippen LogP contribution < -0.4 is 10.6 Å². The van der Waals surface area contributed by atoms with Gasteiger partial charge in [-0.3, -0.25) is 0 Å². The summed E-state index contributed by atoms with van der Waals surface area (Å²) >= 11 is 0. The van der Waals surface area contributed by atoms with Crippen LogP contribution in [0.2, 0.25) is 0 Å². The number of nitrogen functional groups attached to an aromatic ring is 1. The fourth-order valence-electron chi connectivity index (χ4n) is 2.05. The van der Waals surface area contributed by atoms with Crippen LogP contribution in [0, 0.1) is 0 Å². The van der Waals surface area contributed by atoms with Crippen molar-refractivity contribution >= 4 is 11.4 Å². The van der Waals surface area contributed by atoms with Crippen molar-refractivity contribution in [3.05, 3.63) is 18.2 Å². The van der Waals surface area contributed by atoms with Crippen molar-refractivity contribution in [2.45, 2.75) is 0 Å². The first-order valence-corrected chi connectivity index (χ1v) is 5.63. The molecule has 0 spiro atoms. The summed E-state index contributed by atoms with van der Waals surface area (Å²) in [4.78, 5) is 2.25. The van der Waals surface area contributed by atoms with E-state index in [9.17, 15) is 5.11 Å². The molecule has 0 aromatic heterocycles. The van der Waals surface area contributed by atoms with E-state index in [4.69, 9.17) is 5.73 Å². The van der Waals surface area contributed by atoms with E-state index in [-0.39, 0.29) is 5.75 Å². The topological polar surface area (TPSA) is 49.5 Å². The van der Waals surface area contributed by atoms with Crippen LogP contribution in [0.3, 0.4) is 0 Å². The molecule has 16 heavy (non-hydrogen) atoms. The zero-order chi connectivity index (χ0) is 11.8. The average Bonchev–Trinajstić information content (AvgIpc) is 2.22. The van der Waals surface area contributed by atoms with Crippen molar-refractivity contribution in [2.24, 2.45) is 0 Å². The predicted octanol–water partition coefficient (Wildman–Crippen LogP) is 0.871. The molecule has 0 bridgehead atoms. The Bertz CT molecular complexity index is 380. The molecule has 3 N–H and O–H groups in total. The monoisotopic (exact) mass is 222 g/mol. The number of hydrogen-bond acceptors (Lipinski definition) is 3. The molecule has 1 aromatic rings. The third kappa shape index (κ3) is 2.22. The van der Waals surface area contributed by atoms with E-state index in [0.29, 0.717) is 0 Å². The molecule has 1 aliphatic heterocycles. The average molecular weight is 222 g/mol. The number of likely N-dealkylation sites (N-methyl/N-ethyl adjacent to an activating group) is 1. The molecule has 1 heterocycles. The number of nitrogens with zero attached hydrogens (tertiary/aromatic N) is 2. The molecule has 1 aliphatic rings. The van der Waals surface area contributed by atoms with Crippen molar-refractivity contribution in [3.8, 4) is 5.75 Å². The van der Waals surface area contributed by atoms with Crippen LogP contribution >= 0.6 is 0 Å². The minimum atomic E-state index is 0.281. The van der Waals surface area contributed by atoms with Crippen LogP contribution in [-0.2, 0) is 0 Å². The molecule has 88 valence electrons. The second kappa shape index (κ2) is 3.87. The second-order valence-electron chi connectivity index (χ2n) is 5.11. The minimum absolute atomic E-state index is 0.281. The summed E-state index contributed by atoms with van der Waals surface area (Å²) in [5.41, 5.74) is 7.63. The maximum absolute atomic E-state index is 9.48. The highest BCUT2D eigenvalue weighted by molar-refractivity contribution is 5.69. The lowest BCUT2D eigenvalue weighted by molar-refractivity contribution is -0.890. The van der Waals surface area contributed by atoms with Crippen LogP contribution in [0.5, 0.6) is 5.75 Å². The molecule has 2 rings (SSSR count). The summed E-state index contributed by atoms with van der Waals surface area (Å²) in [5, 5.41) is 9.48. The third-order valence-electron chi connectivity index (χ3n) is 3.31. The Labute approximate surface area is 96.5 Å². The molecule has 1 fully saturated rings. The molecule has 1 saturated heterocycles. The standard InChI is InChI=1S/C12H19N3O/c1-15(2)7-5-14(6-8-15)12-9-10(16)3-4-11(12)13/h3-4,9H,5-8,13H2,1-2H3/p+1. The molecular formula is C12H20N3O+. The summed E-state index contributed by atoms with van der Waals surface area (Å²) in [5.74, 6) is 0.281. The quantitative estimate of drug-likeness (QED) is 0.421. The molecule has 4 heteroatoms. The minimum Gasteiger partial charge on any atom is -0.508 e.